The van der Waals surface area contributed by atoms with Gasteiger partial charge < -0.3 is 24.3 Å². The lowest BCUT2D eigenvalue weighted by atomic mass is 9.98. The molecule has 0 unspecified atom stereocenters. The molecule has 0 rings (SSSR count). The van der Waals surface area contributed by atoms with Crippen molar-refractivity contribution in [3.05, 3.63) is 0 Å². The first-order chi connectivity index (χ1) is 29.0. The van der Waals surface area contributed by atoms with E-state index in [9.17, 15) is 24.0 Å². The summed E-state index contributed by atoms with van der Waals surface area (Å²) in [5.41, 5.74) is 0. The molecule has 10 heteroatoms. The van der Waals surface area contributed by atoms with Gasteiger partial charge in [0.05, 0.1) is 0 Å². The summed E-state index contributed by atoms with van der Waals surface area (Å²) in [6.07, 6.45) is 37.1. The number of hydrogen-bond acceptors (Lipinski definition) is 9. The van der Waals surface area contributed by atoms with Crippen LogP contribution in [0.4, 0.5) is 0 Å². The Hall–Kier alpha value is -2.65. The molecule has 10 nitrogen and oxygen atoms in total. The topological polar surface area (TPSA) is 134 Å². The van der Waals surface area contributed by atoms with E-state index < -0.39 is 54.1 Å². The molecule has 0 saturated heterocycles. The third-order valence-corrected chi connectivity index (χ3v) is 11.4. The Bertz CT molecular complexity index is 1070. The molecule has 0 radical (unpaired) electrons. The van der Waals surface area contributed by atoms with E-state index in [1.54, 1.807) is 0 Å². The second-order valence-corrected chi connectivity index (χ2v) is 17.4. The van der Waals surface area contributed by atoms with E-state index in [2.05, 4.69) is 19.2 Å². The van der Waals surface area contributed by atoms with Crippen molar-refractivity contribution in [3.8, 4) is 0 Å². The smallest absolute Gasteiger partial charge is 0.303 e. The molecule has 0 bridgehead atoms. The summed E-state index contributed by atoms with van der Waals surface area (Å²) < 4.78 is 22.2. The van der Waals surface area contributed by atoms with Crippen LogP contribution in [0, 0.1) is 0 Å². The zero-order valence-corrected chi connectivity index (χ0v) is 39.7. The number of amides is 1. The van der Waals surface area contributed by atoms with Gasteiger partial charge >= 0.3 is 23.9 Å². The SMILES string of the molecule is CCCCCCCCCCCCCCCCCCCCCC[C@@H](OC(C)=O)C(=O)N[C@H](COC(C)=O)[C@H](OC(C)=O)[C@@H](CCCCCCCCCCCCCC)OC(C)=O. The summed E-state index contributed by atoms with van der Waals surface area (Å²) >= 11 is 0. The lowest BCUT2D eigenvalue weighted by molar-refractivity contribution is -0.172. The van der Waals surface area contributed by atoms with Crippen molar-refractivity contribution in [3.63, 3.8) is 0 Å². The number of esters is 4. The predicted octanol–water partition coefficient (Wildman–Crippen LogP) is 13.1. The molecular weight excluding hydrogens is 759 g/mol. The van der Waals surface area contributed by atoms with Gasteiger partial charge in [0.15, 0.2) is 12.2 Å². The summed E-state index contributed by atoms with van der Waals surface area (Å²) in [6.45, 7) is 9.23. The van der Waals surface area contributed by atoms with Crippen LogP contribution in [-0.2, 0) is 42.9 Å². The molecule has 352 valence electrons. The molecule has 4 atom stereocenters. The maximum atomic E-state index is 13.7. The summed E-state index contributed by atoms with van der Waals surface area (Å²) in [5, 5.41) is 2.83. The number of ether oxygens (including phenoxy) is 4. The van der Waals surface area contributed by atoms with Crippen LogP contribution in [0.25, 0.3) is 0 Å². The van der Waals surface area contributed by atoms with Gasteiger partial charge in [-0.2, -0.15) is 0 Å². The molecule has 0 aromatic rings. The molecule has 0 aliphatic carbocycles. The molecule has 0 saturated carbocycles. The van der Waals surface area contributed by atoms with Crippen LogP contribution >= 0.6 is 0 Å². The molecule has 0 spiro atoms. The third-order valence-electron chi connectivity index (χ3n) is 11.4. The summed E-state index contributed by atoms with van der Waals surface area (Å²) in [5.74, 6) is -2.92. The highest BCUT2D eigenvalue weighted by Gasteiger charge is 2.38. The van der Waals surface area contributed by atoms with E-state index in [1.165, 1.54) is 182 Å². The average Bonchev–Trinajstić information content (AvgIpc) is 3.19. The summed E-state index contributed by atoms with van der Waals surface area (Å²) in [4.78, 5) is 62.3. The first-order valence-electron chi connectivity index (χ1n) is 25.0. The summed E-state index contributed by atoms with van der Waals surface area (Å²) in [6, 6.07) is -1.04. The van der Waals surface area contributed by atoms with Crippen LogP contribution in [0.3, 0.4) is 0 Å². The van der Waals surface area contributed by atoms with Gasteiger partial charge in [0.25, 0.3) is 5.91 Å². The minimum atomic E-state index is -1.12. The van der Waals surface area contributed by atoms with Gasteiger partial charge in [-0.3, -0.25) is 24.0 Å². The Morgan fingerprint density at radius 1 is 0.383 bits per heavy atom. The lowest BCUT2D eigenvalue weighted by Gasteiger charge is -2.33. The molecule has 1 amide bonds. The zero-order chi connectivity index (χ0) is 44.5. The van der Waals surface area contributed by atoms with E-state index in [1.807, 2.05) is 0 Å². The Kier molecular flexibility index (Phi) is 39.8. The van der Waals surface area contributed by atoms with Crippen molar-refractivity contribution < 1.29 is 42.9 Å². The Labute approximate surface area is 367 Å². The van der Waals surface area contributed by atoms with Crippen LogP contribution in [0.15, 0.2) is 0 Å². The Balaban J connectivity index is 4.90. The molecule has 0 fully saturated rings. The third kappa shape index (κ3) is 37.1. The van der Waals surface area contributed by atoms with Gasteiger partial charge in [0.2, 0.25) is 0 Å². The fourth-order valence-electron chi connectivity index (χ4n) is 8.03. The van der Waals surface area contributed by atoms with Gasteiger partial charge in [0, 0.05) is 27.7 Å². The number of nitrogens with one attached hydrogen (secondary N) is 1. The van der Waals surface area contributed by atoms with Crippen molar-refractivity contribution >= 4 is 29.8 Å². The van der Waals surface area contributed by atoms with Crippen molar-refractivity contribution in [1.82, 2.24) is 5.32 Å². The van der Waals surface area contributed by atoms with Crippen LogP contribution < -0.4 is 5.32 Å². The van der Waals surface area contributed by atoms with Crippen LogP contribution in [0.2, 0.25) is 0 Å². The van der Waals surface area contributed by atoms with E-state index in [4.69, 9.17) is 18.9 Å². The van der Waals surface area contributed by atoms with Crippen LogP contribution in [0.5, 0.6) is 0 Å². The molecule has 0 aromatic carbocycles. The molecule has 0 heterocycles. The van der Waals surface area contributed by atoms with Crippen LogP contribution in [0.1, 0.15) is 260 Å². The first-order valence-corrected chi connectivity index (χ1v) is 25.0. The van der Waals surface area contributed by atoms with Crippen LogP contribution in [-0.4, -0.2) is 60.7 Å². The number of carbonyl (C=O) groups is 5. The first kappa shape index (κ1) is 57.3. The number of rotatable bonds is 43. The fraction of sp³-hybridized carbons (Fsp3) is 0.900. The molecule has 60 heavy (non-hydrogen) atoms. The largest absolute Gasteiger partial charge is 0.464 e. The highest BCUT2D eigenvalue weighted by Crippen LogP contribution is 2.21. The van der Waals surface area contributed by atoms with Gasteiger partial charge in [0.1, 0.15) is 18.8 Å². The molecule has 1 N–H and O–H groups in total. The van der Waals surface area contributed by atoms with Gasteiger partial charge in [-0.05, 0) is 25.7 Å². The second-order valence-electron chi connectivity index (χ2n) is 17.4. The Morgan fingerprint density at radius 2 is 0.700 bits per heavy atom. The quantitative estimate of drug-likeness (QED) is 0.0361. The van der Waals surface area contributed by atoms with Gasteiger partial charge in [-0.25, -0.2) is 0 Å². The zero-order valence-electron chi connectivity index (χ0n) is 39.7. The number of hydrogen-bond donors (Lipinski definition) is 1. The highest BCUT2D eigenvalue weighted by molar-refractivity contribution is 5.83. The highest BCUT2D eigenvalue weighted by atomic mass is 16.6. The van der Waals surface area contributed by atoms with Gasteiger partial charge in [-0.1, -0.05) is 206 Å². The maximum absolute atomic E-state index is 13.7. The van der Waals surface area contributed by atoms with Gasteiger partial charge in [-0.15, -0.1) is 0 Å². The van der Waals surface area contributed by atoms with Crippen molar-refractivity contribution in [2.45, 2.75) is 284 Å². The predicted molar refractivity (Wildman–Crippen MR) is 244 cm³/mol. The molecule has 0 aliphatic heterocycles. The fourth-order valence-corrected chi connectivity index (χ4v) is 8.03. The number of unbranched alkanes of at least 4 members (excludes halogenated alkanes) is 30. The molecule has 0 aliphatic rings. The minimum Gasteiger partial charge on any atom is -0.464 e. The van der Waals surface area contributed by atoms with E-state index in [0.717, 1.165) is 44.9 Å². The normalized spacial score (nSPS) is 13.2. The minimum absolute atomic E-state index is 0.318. The van der Waals surface area contributed by atoms with E-state index >= 15 is 0 Å². The second kappa shape index (κ2) is 41.7. The summed E-state index contributed by atoms with van der Waals surface area (Å²) in [7, 11) is 0. The van der Waals surface area contributed by atoms with Crippen molar-refractivity contribution in [1.29, 1.82) is 0 Å². The Morgan fingerprint density at radius 3 is 1.02 bits per heavy atom. The van der Waals surface area contributed by atoms with Crippen molar-refractivity contribution in [2.24, 2.45) is 0 Å². The average molecular weight is 852 g/mol. The van der Waals surface area contributed by atoms with E-state index in [0.29, 0.717) is 19.3 Å². The van der Waals surface area contributed by atoms with Crippen molar-refractivity contribution in [2.75, 3.05) is 6.61 Å². The lowest BCUT2D eigenvalue weighted by Crippen LogP contribution is -2.56. The van der Waals surface area contributed by atoms with E-state index in [-0.39, 0.29) is 6.61 Å². The standard InChI is InChI=1S/C50H93NO9/c1-7-9-11-13-15-17-19-21-22-23-24-25-26-27-28-30-32-34-36-38-40-48(59-44(5)54)50(56)51-46(41-57-42(3)52)49(60-45(6)55)47(58-43(4)53)39-37-35-33-31-29-20-18-16-14-12-10-8-2/h46-49H,7-41H2,1-6H3,(H,51,56)/t46-,47-,48-,49+/m1/s1. The number of carbonyl (C=O) groups excluding carboxylic acids is 5. The molecule has 0 aromatic heterocycles. The monoisotopic (exact) mass is 852 g/mol. The molecular formula is C50H93NO9. The maximum Gasteiger partial charge on any atom is 0.303 e.